The lowest BCUT2D eigenvalue weighted by atomic mass is 10.0. The minimum absolute atomic E-state index is 0.00942. The van der Waals surface area contributed by atoms with Gasteiger partial charge < -0.3 is 10.2 Å². The van der Waals surface area contributed by atoms with Crippen LogP contribution in [0, 0.1) is 6.92 Å². The Morgan fingerprint density at radius 3 is 2.42 bits per heavy atom. The van der Waals surface area contributed by atoms with Crippen LogP contribution in [0.1, 0.15) is 31.4 Å². The minimum Gasteiger partial charge on any atom is -0.343 e. The van der Waals surface area contributed by atoms with Gasteiger partial charge in [-0.3, -0.25) is 9.59 Å². The fraction of sp³-hybridized carbons (Fsp3) is 0.467. The predicted molar refractivity (Wildman–Crippen MR) is 73.4 cm³/mol. The first-order valence-electron chi connectivity index (χ1n) is 6.69. The molecule has 1 aliphatic rings. The molecule has 0 saturated carbocycles. The largest absolute Gasteiger partial charge is 0.343 e. The highest BCUT2D eigenvalue weighted by atomic mass is 16.2. The molecule has 0 bridgehead atoms. The van der Waals surface area contributed by atoms with Crippen LogP contribution < -0.4 is 5.32 Å². The van der Waals surface area contributed by atoms with Gasteiger partial charge >= 0.3 is 0 Å². The standard InChI is InChI=1S/C15H20N2O2/c1-4-13-15(19)17(11(3)14(18)16-13)9-12-7-5-10(2)6-8-12/h5-8,11,13H,4,9H2,1-3H3,(H,16,18). The molecule has 2 rings (SSSR count). The van der Waals surface area contributed by atoms with Crippen LogP contribution in [0.25, 0.3) is 0 Å². The average molecular weight is 260 g/mol. The van der Waals surface area contributed by atoms with E-state index in [0.29, 0.717) is 13.0 Å². The Morgan fingerprint density at radius 2 is 1.84 bits per heavy atom. The second-order valence-corrected chi connectivity index (χ2v) is 5.10. The third kappa shape index (κ3) is 2.78. The first kappa shape index (κ1) is 13.6. The fourth-order valence-electron chi connectivity index (χ4n) is 2.27. The van der Waals surface area contributed by atoms with Crippen LogP contribution >= 0.6 is 0 Å². The number of nitrogens with one attached hydrogen (secondary N) is 1. The topological polar surface area (TPSA) is 49.4 Å². The minimum atomic E-state index is -0.406. The summed E-state index contributed by atoms with van der Waals surface area (Å²) >= 11 is 0. The van der Waals surface area contributed by atoms with Crippen LogP contribution in [-0.2, 0) is 16.1 Å². The molecule has 4 nitrogen and oxygen atoms in total. The zero-order chi connectivity index (χ0) is 14.0. The lowest BCUT2D eigenvalue weighted by Gasteiger charge is -2.37. The third-order valence-corrected chi connectivity index (χ3v) is 3.63. The molecule has 2 atom stereocenters. The van der Waals surface area contributed by atoms with E-state index < -0.39 is 6.04 Å². The Morgan fingerprint density at radius 1 is 1.21 bits per heavy atom. The van der Waals surface area contributed by atoms with Crippen molar-refractivity contribution in [3.8, 4) is 0 Å². The first-order chi connectivity index (χ1) is 9.02. The number of amides is 2. The summed E-state index contributed by atoms with van der Waals surface area (Å²) in [6.07, 6.45) is 0.627. The summed E-state index contributed by atoms with van der Waals surface area (Å²) in [6.45, 7) is 6.19. The third-order valence-electron chi connectivity index (χ3n) is 3.63. The number of aryl methyl sites for hydroxylation is 1. The maximum Gasteiger partial charge on any atom is 0.246 e. The molecule has 1 saturated heterocycles. The normalized spacial score (nSPS) is 23.4. The number of hydrogen-bond donors (Lipinski definition) is 1. The van der Waals surface area contributed by atoms with E-state index in [2.05, 4.69) is 5.32 Å². The number of piperazine rings is 1. The van der Waals surface area contributed by atoms with Gasteiger partial charge in [-0.2, -0.15) is 0 Å². The second kappa shape index (κ2) is 5.43. The highest BCUT2D eigenvalue weighted by molar-refractivity contribution is 5.96. The van der Waals surface area contributed by atoms with Crippen LogP contribution in [0.4, 0.5) is 0 Å². The highest BCUT2D eigenvalue weighted by Gasteiger charge is 2.36. The van der Waals surface area contributed by atoms with Gasteiger partial charge in [-0.15, -0.1) is 0 Å². The van der Waals surface area contributed by atoms with Crippen molar-refractivity contribution >= 4 is 11.8 Å². The van der Waals surface area contributed by atoms with Crippen molar-refractivity contribution in [3.05, 3.63) is 35.4 Å². The molecule has 1 aliphatic heterocycles. The zero-order valence-electron chi connectivity index (χ0n) is 11.6. The summed E-state index contributed by atoms with van der Waals surface area (Å²) in [5, 5.41) is 2.76. The quantitative estimate of drug-likeness (QED) is 0.898. The molecule has 1 fully saturated rings. The molecule has 1 aromatic carbocycles. The summed E-state index contributed by atoms with van der Waals surface area (Å²) in [7, 11) is 0. The van der Waals surface area contributed by atoms with E-state index in [1.54, 1.807) is 11.8 Å². The molecule has 1 N–H and O–H groups in total. The number of hydrogen-bond acceptors (Lipinski definition) is 2. The number of carbonyl (C=O) groups is 2. The molecule has 1 heterocycles. The molecule has 19 heavy (non-hydrogen) atoms. The van der Waals surface area contributed by atoms with Gasteiger partial charge in [0.05, 0.1) is 0 Å². The highest BCUT2D eigenvalue weighted by Crippen LogP contribution is 2.16. The van der Waals surface area contributed by atoms with Gasteiger partial charge in [-0.25, -0.2) is 0 Å². The summed E-state index contributed by atoms with van der Waals surface area (Å²) in [5.74, 6) is -0.0614. The molecular formula is C15H20N2O2. The Hall–Kier alpha value is -1.84. The average Bonchev–Trinajstić information content (AvgIpc) is 2.41. The van der Waals surface area contributed by atoms with Crippen LogP contribution in [0.2, 0.25) is 0 Å². The molecule has 4 heteroatoms. The van der Waals surface area contributed by atoms with E-state index in [1.165, 1.54) is 5.56 Å². The fourth-order valence-corrected chi connectivity index (χ4v) is 2.27. The van der Waals surface area contributed by atoms with Crippen molar-refractivity contribution < 1.29 is 9.59 Å². The summed E-state index contributed by atoms with van der Waals surface area (Å²) in [4.78, 5) is 25.8. The van der Waals surface area contributed by atoms with E-state index in [1.807, 2.05) is 38.1 Å². The van der Waals surface area contributed by atoms with Crippen LogP contribution in [0.5, 0.6) is 0 Å². The zero-order valence-corrected chi connectivity index (χ0v) is 11.6. The lowest BCUT2D eigenvalue weighted by Crippen LogP contribution is -2.61. The molecule has 102 valence electrons. The van der Waals surface area contributed by atoms with Gasteiger partial charge in [0, 0.05) is 6.54 Å². The summed E-state index contributed by atoms with van der Waals surface area (Å²) in [6, 6.07) is 7.26. The first-order valence-corrected chi connectivity index (χ1v) is 6.69. The Labute approximate surface area is 113 Å². The SMILES string of the molecule is CCC1NC(=O)C(C)N(Cc2ccc(C)cc2)C1=O. The maximum absolute atomic E-state index is 12.3. The van der Waals surface area contributed by atoms with Crippen molar-refractivity contribution in [2.45, 2.75) is 45.8 Å². The van der Waals surface area contributed by atoms with E-state index in [0.717, 1.165) is 5.56 Å². The molecule has 2 amide bonds. The van der Waals surface area contributed by atoms with Crippen molar-refractivity contribution in [1.82, 2.24) is 10.2 Å². The van der Waals surface area contributed by atoms with E-state index in [-0.39, 0.29) is 17.9 Å². The van der Waals surface area contributed by atoms with Crippen LogP contribution in [0.3, 0.4) is 0 Å². The van der Waals surface area contributed by atoms with Crippen molar-refractivity contribution in [3.63, 3.8) is 0 Å². The molecular weight excluding hydrogens is 240 g/mol. The Bertz CT molecular complexity index is 481. The molecule has 0 aromatic heterocycles. The van der Waals surface area contributed by atoms with E-state index >= 15 is 0 Å². The molecule has 0 radical (unpaired) electrons. The molecule has 0 spiro atoms. The summed E-state index contributed by atoms with van der Waals surface area (Å²) in [5.41, 5.74) is 2.24. The molecule has 2 unspecified atom stereocenters. The summed E-state index contributed by atoms with van der Waals surface area (Å²) < 4.78 is 0. The second-order valence-electron chi connectivity index (χ2n) is 5.10. The van der Waals surface area contributed by atoms with Gasteiger partial charge in [0.25, 0.3) is 0 Å². The molecule has 1 aromatic rings. The molecule has 0 aliphatic carbocycles. The number of nitrogens with zero attached hydrogens (tertiary/aromatic N) is 1. The van der Waals surface area contributed by atoms with E-state index in [4.69, 9.17) is 0 Å². The maximum atomic E-state index is 12.3. The monoisotopic (exact) mass is 260 g/mol. The smallest absolute Gasteiger partial charge is 0.246 e. The number of carbonyl (C=O) groups excluding carboxylic acids is 2. The number of benzene rings is 1. The van der Waals surface area contributed by atoms with E-state index in [9.17, 15) is 9.59 Å². The van der Waals surface area contributed by atoms with Gasteiger partial charge in [0.1, 0.15) is 12.1 Å². The van der Waals surface area contributed by atoms with Gasteiger partial charge in [-0.05, 0) is 25.8 Å². The van der Waals surface area contributed by atoms with Crippen molar-refractivity contribution in [2.24, 2.45) is 0 Å². The lowest BCUT2D eigenvalue weighted by molar-refractivity contribution is -0.149. The number of rotatable bonds is 3. The van der Waals surface area contributed by atoms with Crippen molar-refractivity contribution in [1.29, 1.82) is 0 Å². The van der Waals surface area contributed by atoms with Gasteiger partial charge in [0.15, 0.2) is 0 Å². The Balaban J connectivity index is 2.18. The van der Waals surface area contributed by atoms with Crippen molar-refractivity contribution in [2.75, 3.05) is 0 Å². The van der Waals surface area contributed by atoms with Gasteiger partial charge in [-0.1, -0.05) is 36.8 Å². The van der Waals surface area contributed by atoms with Crippen LogP contribution in [-0.4, -0.2) is 28.8 Å². The van der Waals surface area contributed by atoms with Crippen LogP contribution in [0.15, 0.2) is 24.3 Å². The Kier molecular flexibility index (Phi) is 3.88. The van der Waals surface area contributed by atoms with Gasteiger partial charge in [0.2, 0.25) is 11.8 Å². The predicted octanol–water partition coefficient (Wildman–Crippen LogP) is 1.62.